The van der Waals surface area contributed by atoms with Crippen molar-refractivity contribution in [3.05, 3.63) is 62.8 Å². The third-order valence-electron chi connectivity index (χ3n) is 4.30. The summed E-state index contributed by atoms with van der Waals surface area (Å²) in [6.07, 6.45) is 3.35. The second-order valence-corrected chi connectivity index (χ2v) is 7.09. The molecule has 0 aliphatic heterocycles. The number of H-pyrrole nitrogens is 1. The molecule has 0 bridgehead atoms. The van der Waals surface area contributed by atoms with Crippen molar-refractivity contribution in [3.63, 3.8) is 0 Å². The van der Waals surface area contributed by atoms with E-state index in [0.29, 0.717) is 11.4 Å². The Labute approximate surface area is 138 Å². The molecule has 118 valence electrons. The summed E-state index contributed by atoms with van der Waals surface area (Å²) >= 11 is 1.81. The van der Waals surface area contributed by atoms with Gasteiger partial charge < -0.3 is 4.98 Å². The van der Waals surface area contributed by atoms with Crippen LogP contribution in [0.2, 0.25) is 0 Å². The molecule has 0 unspecified atom stereocenters. The zero-order valence-corrected chi connectivity index (χ0v) is 13.7. The van der Waals surface area contributed by atoms with Crippen LogP contribution in [0.25, 0.3) is 10.9 Å². The van der Waals surface area contributed by atoms with Gasteiger partial charge in [0, 0.05) is 30.4 Å². The molecule has 3 aromatic rings. The molecule has 0 saturated heterocycles. The van der Waals surface area contributed by atoms with Crippen LogP contribution < -0.4 is 5.56 Å². The summed E-state index contributed by atoms with van der Waals surface area (Å²) in [5.41, 5.74) is 0.740. The van der Waals surface area contributed by atoms with Crippen LogP contribution in [0, 0.1) is 0 Å². The molecule has 5 heteroatoms. The first kappa shape index (κ1) is 14.6. The molecular formula is C18H19N3OS. The van der Waals surface area contributed by atoms with Crippen LogP contribution >= 0.6 is 11.3 Å². The fourth-order valence-corrected chi connectivity index (χ4v) is 3.67. The molecule has 2 aromatic heterocycles. The molecule has 1 aliphatic rings. The topological polar surface area (TPSA) is 49.0 Å². The van der Waals surface area contributed by atoms with Gasteiger partial charge >= 0.3 is 0 Å². The van der Waals surface area contributed by atoms with Gasteiger partial charge in [-0.1, -0.05) is 18.2 Å². The van der Waals surface area contributed by atoms with Gasteiger partial charge in [0.1, 0.15) is 5.82 Å². The van der Waals surface area contributed by atoms with Gasteiger partial charge in [-0.25, -0.2) is 4.98 Å². The van der Waals surface area contributed by atoms with Gasteiger partial charge in [-0.05, 0) is 36.4 Å². The Kier molecular flexibility index (Phi) is 3.97. The van der Waals surface area contributed by atoms with Crippen molar-refractivity contribution in [2.75, 3.05) is 6.54 Å². The first-order chi connectivity index (χ1) is 11.3. The first-order valence-corrected chi connectivity index (χ1v) is 8.92. The maximum atomic E-state index is 12.1. The molecule has 0 radical (unpaired) electrons. The molecule has 23 heavy (non-hydrogen) atoms. The Morgan fingerprint density at radius 3 is 2.87 bits per heavy atom. The molecule has 0 atom stereocenters. The molecule has 1 N–H and O–H groups in total. The van der Waals surface area contributed by atoms with Crippen LogP contribution in [0.3, 0.4) is 0 Å². The molecular weight excluding hydrogens is 306 g/mol. The molecule has 1 aliphatic carbocycles. The largest absolute Gasteiger partial charge is 0.310 e. The van der Waals surface area contributed by atoms with Crippen molar-refractivity contribution < 1.29 is 0 Å². The lowest BCUT2D eigenvalue weighted by Crippen LogP contribution is -2.28. The van der Waals surface area contributed by atoms with Crippen molar-refractivity contribution in [2.45, 2.75) is 31.8 Å². The van der Waals surface area contributed by atoms with Gasteiger partial charge in [0.05, 0.1) is 10.9 Å². The molecule has 1 saturated carbocycles. The lowest BCUT2D eigenvalue weighted by atomic mass is 10.2. The van der Waals surface area contributed by atoms with Gasteiger partial charge in [-0.3, -0.25) is 9.69 Å². The number of benzene rings is 1. The number of hydrogen-bond donors (Lipinski definition) is 1. The van der Waals surface area contributed by atoms with Gasteiger partial charge in [0.2, 0.25) is 0 Å². The van der Waals surface area contributed by atoms with Crippen molar-refractivity contribution in [1.82, 2.24) is 14.9 Å². The van der Waals surface area contributed by atoms with E-state index in [0.717, 1.165) is 30.9 Å². The third-order valence-corrected chi connectivity index (χ3v) is 5.16. The monoisotopic (exact) mass is 325 g/mol. The minimum absolute atomic E-state index is 0.0400. The fourth-order valence-electron chi connectivity index (χ4n) is 2.94. The highest BCUT2D eigenvalue weighted by molar-refractivity contribution is 7.09. The van der Waals surface area contributed by atoms with Crippen molar-refractivity contribution in [1.29, 1.82) is 0 Å². The Hall–Kier alpha value is -1.98. The molecule has 1 fully saturated rings. The Balaban J connectivity index is 1.49. The summed E-state index contributed by atoms with van der Waals surface area (Å²) in [6, 6.07) is 12.5. The quantitative estimate of drug-likeness (QED) is 0.757. The minimum Gasteiger partial charge on any atom is -0.310 e. The molecule has 4 nitrogen and oxygen atoms in total. The van der Waals surface area contributed by atoms with E-state index in [-0.39, 0.29) is 5.56 Å². The summed E-state index contributed by atoms with van der Waals surface area (Å²) in [5, 5.41) is 2.79. The summed E-state index contributed by atoms with van der Waals surface area (Å²) in [4.78, 5) is 23.6. The molecule has 2 heterocycles. The normalized spacial score (nSPS) is 14.7. The lowest BCUT2D eigenvalue weighted by molar-refractivity contribution is 0.258. The standard InChI is InChI=1S/C18H19N3OS/c22-18-15-5-1-2-6-16(15)19-17(20-18)9-10-21(13-7-8-13)12-14-4-3-11-23-14/h1-6,11,13H,7-10,12H2,(H,19,20,22). The smallest absolute Gasteiger partial charge is 0.258 e. The summed E-state index contributed by atoms with van der Waals surface area (Å²) in [6.45, 7) is 1.93. The SMILES string of the molecule is O=c1[nH]c(CCN(Cc2cccs2)C2CC2)nc2ccccc12. The second-order valence-electron chi connectivity index (χ2n) is 6.06. The van der Waals surface area contributed by atoms with E-state index in [9.17, 15) is 4.79 Å². The molecule has 0 spiro atoms. The van der Waals surface area contributed by atoms with Crippen molar-refractivity contribution in [3.8, 4) is 0 Å². The van der Waals surface area contributed by atoms with E-state index in [1.165, 1.54) is 17.7 Å². The highest BCUT2D eigenvalue weighted by Gasteiger charge is 2.28. The van der Waals surface area contributed by atoms with E-state index in [1.807, 2.05) is 35.6 Å². The number of para-hydroxylation sites is 1. The number of aromatic amines is 1. The van der Waals surface area contributed by atoms with Gasteiger partial charge in [0.15, 0.2) is 0 Å². The maximum absolute atomic E-state index is 12.1. The maximum Gasteiger partial charge on any atom is 0.258 e. The minimum atomic E-state index is -0.0400. The van der Waals surface area contributed by atoms with Crippen molar-refractivity contribution >= 4 is 22.2 Å². The van der Waals surface area contributed by atoms with E-state index in [2.05, 4.69) is 32.4 Å². The predicted octanol–water partition coefficient (Wildman–Crippen LogP) is 3.19. The van der Waals surface area contributed by atoms with Crippen LogP contribution in [0.15, 0.2) is 46.6 Å². The Morgan fingerprint density at radius 2 is 2.09 bits per heavy atom. The number of nitrogens with zero attached hydrogens (tertiary/aromatic N) is 2. The lowest BCUT2D eigenvalue weighted by Gasteiger charge is -2.20. The zero-order valence-electron chi connectivity index (χ0n) is 12.9. The first-order valence-electron chi connectivity index (χ1n) is 8.04. The molecule has 0 amide bonds. The number of nitrogens with one attached hydrogen (secondary N) is 1. The molecule has 4 rings (SSSR count). The van der Waals surface area contributed by atoms with Gasteiger partial charge in [-0.2, -0.15) is 0 Å². The second kappa shape index (κ2) is 6.26. The average Bonchev–Trinajstić information content (AvgIpc) is 3.28. The average molecular weight is 325 g/mol. The highest BCUT2D eigenvalue weighted by Crippen LogP contribution is 2.29. The van der Waals surface area contributed by atoms with Crippen LogP contribution in [-0.4, -0.2) is 27.5 Å². The number of aromatic nitrogens is 2. The number of hydrogen-bond acceptors (Lipinski definition) is 4. The van der Waals surface area contributed by atoms with Crippen LogP contribution in [0.1, 0.15) is 23.5 Å². The van der Waals surface area contributed by atoms with Crippen molar-refractivity contribution in [2.24, 2.45) is 0 Å². The van der Waals surface area contributed by atoms with Crippen LogP contribution in [0.5, 0.6) is 0 Å². The number of thiophene rings is 1. The number of rotatable bonds is 6. The Bertz CT molecular complexity index is 852. The van der Waals surface area contributed by atoms with E-state index in [4.69, 9.17) is 0 Å². The van der Waals surface area contributed by atoms with Gasteiger partial charge in [0.25, 0.3) is 5.56 Å². The van der Waals surface area contributed by atoms with E-state index in [1.54, 1.807) is 0 Å². The summed E-state index contributed by atoms with van der Waals surface area (Å²) < 4.78 is 0. The van der Waals surface area contributed by atoms with Crippen LogP contribution in [0.4, 0.5) is 0 Å². The summed E-state index contributed by atoms with van der Waals surface area (Å²) in [5.74, 6) is 0.783. The van der Waals surface area contributed by atoms with Crippen LogP contribution in [-0.2, 0) is 13.0 Å². The Morgan fingerprint density at radius 1 is 1.22 bits per heavy atom. The van der Waals surface area contributed by atoms with E-state index < -0.39 is 0 Å². The summed E-state index contributed by atoms with van der Waals surface area (Å²) in [7, 11) is 0. The fraction of sp³-hybridized carbons (Fsp3) is 0.333. The number of fused-ring (bicyclic) bond motifs is 1. The highest BCUT2D eigenvalue weighted by atomic mass is 32.1. The third kappa shape index (κ3) is 3.35. The van der Waals surface area contributed by atoms with E-state index >= 15 is 0 Å². The zero-order chi connectivity index (χ0) is 15.6. The van der Waals surface area contributed by atoms with Gasteiger partial charge in [-0.15, -0.1) is 11.3 Å². The predicted molar refractivity (Wildman–Crippen MR) is 93.8 cm³/mol. The molecule has 1 aromatic carbocycles.